The largest absolute Gasteiger partial charge is 4.00 e. The quantitative estimate of drug-likeness (QED) is 0.163. The summed E-state index contributed by atoms with van der Waals surface area (Å²) in [7, 11) is 0. The van der Waals surface area contributed by atoms with Crippen molar-refractivity contribution in [3.63, 3.8) is 0 Å². The van der Waals surface area contributed by atoms with E-state index in [4.69, 9.17) is 0 Å². The van der Waals surface area contributed by atoms with Crippen LogP contribution in [0.5, 0.6) is 0 Å². The Hall–Kier alpha value is -2.25. The van der Waals surface area contributed by atoms with Crippen LogP contribution < -0.4 is 0 Å². The van der Waals surface area contributed by atoms with Gasteiger partial charge < -0.3 is 0 Å². The summed E-state index contributed by atoms with van der Waals surface area (Å²) in [5.74, 6) is 0. The second kappa shape index (κ2) is 17.8. The molecule has 4 aromatic carbocycles. The van der Waals surface area contributed by atoms with Gasteiger partial charge in [-0.05, 0) is 0 Å². The summed E-state index contributed by atoms with van der Waals surface area (Å²) in [6.45, 7) is 8.11. The molecule has 0 spiro atoms. The molecule has 0 aliphatic carbocycles. The molecule has 0 atom stereocenters. The molecule has 4 aromatic rings. The summed E-state index contributed by atoms with van der Waals surface area (Å²) >= 11 is 0. The first-order valence-corrected chi connectivity index (χ1v) is 9.31. The summed E-state index contributed by atoms with van der Waals surface area (Å²) in [5, 5.41) is 0. The summed E-state index contributed by atoms with van der Waals surface area (Å²) in [4.78, 5) is 0. The standard InChI is InChI=1S/4C7H7.Hf/c4*1-7-5-3-2-4-6-7;/h4*2-5H,1H3;/q4*-1;+4. The molecule has 1 heteroatoms. The maximum Gasteiger partial charge on any atom is 4.00 e. The molecule has 0 aliphatic heterocycles. The van der Waals surface area contributed by atoms with Crippen LogP contribution in [0.15, 0.2) is 97.1 Å². The Balaban J connectivity index is 0.000000356. The van der Waals surface area contributed by atoms with Gasteiger partial charge in [0.15, 0.2) is 0 Å². The zero-order valence-corrected chi connectivity index (χ0v) is 21.3. The maximum absolute atomic E-state index is 3.03. The molecule has 0 radical (unpaired) electrons. The van der Waals surface area contributed by atoms with Gasteiger partial charge in [-0.15, -0.1) is 0 Å². The van der Waals surface area contributed by atoms with Gasteiger partial charge in [-0.2, -0.15) is 144 Å². The third-order valence-corrected chi connectivity index (χ3v) is 3.46. The molecule has 0 amide bonds. The van der Waals surface area contributed by atoms with E-state index in [1.807, 2.05) is 125 Å². The van der Waals surface area contributed by atoms with Crippen LogP contribution in [0.25, 0.3) is 0 Å². The average molecular weight is 543 g/mol. The number of benzene rings is 4. The van der Waals surface area contributed by atoms with Crippen molar-refractivity contribution in [1.29, 1.82) is 0 Å². The molecule has 0 aliphatic rings. The SMILES string of the molecule is Cc1[c-]cccc1.Cc1[c-]cccc1.Cc1[c-]cccc1.Cc1[c-]cccc1.[Hf+4]. The van der Waals surface area contributed by atoms with Crippen molar-refractivity contribution in [1.82, 2.24) is 0 Å². The first-order valence-electron chi connectivity index (χ1n) is 9.31. The Labute approximate surface area is 196 Å². The third kappa shape index (κ3) is 16.4. The fourth-order valence-corrected chi connectivity index (χ4v) is 1.93. The van der Waals surface area contributed by atoms with Crippen molar-refractivity contribution in [2.24, 2.45) is 0 Å². The second-order valence-corrected chi connectivity index (χ2v) is 6.18. The van der Waals surface area contributed by atoms with Gasteiger partial charge in [0.25, 0.3) is 0 Å². The van der Waals surface area contributed by atoms with Crippen molar-refractivity contribution >= 4 is 0 Å². The Kier molecular flexibility index (Phi) is 16.4. The van der Waals surface area contributed by atoms with Crippen LogP contribution in [0.1, 0.15) is 22.3 Å². The predicted molar refractivity (Wildman–Crippen MR) is 120 cm³/mol. The van der Waals surface area contributed by atoms with E-state index in [1.54, 1.807) is 0 Å². The molecule has 4 rings (SSSR count). The first-order chi connectivity index (χ1) is 13.6. The van der Waals surface area contributed by atoms with E-state index >= 15 is 0 Å². The molecular weight excluding hydrogens is 515 g/mol. The molecule has 0 fully saturated rings. The van der Waals surface area contributed by atoms with Crippen molar-refractivity contribution in [2.45, 2.75) is 27.7 Å². The minimum Gasteiger partial charge on any atom is -0.181 e. The van der Waals surface area contributed by atoms with Gasteiger partial charge in [-0.3, -0.25) is 0 Å². The minimum atomic E-state index is 0. The summed E-state index contributed by atoms with van der Waals surface area (Å²) in [6, 6.07) is 43.8. The minimum absolute atomic E-state index is 0. The molecule has 0 bridgehead atoms. The average Bonchev–Trinajstić information content (AvgIpc) is 2.72. The van der Waals surface area contributed by atoms with Crippen molar-refractivity contribution in [3.05, 3.63) is 144 Å². The molecule has 0 N–H and O–H groups in total. The van der Waals surface area contributed by atoms with Gasteiger partial charge >= 0.3 is 25.8 Å². The Morgan fingerprint density at radius 1 is 0.379 bits per heavy atom. The summed E-state index contributed by atoms with van der Waals surface area (Å²) in [5.41, 5.74) is 4.79. The third-order valence-electron chi connectivity index (χ3n) is 3.46. The van der Waals surface area contributed by atoms with Crippen LogP contribution in [-0.4, -0.2) is 0 Å². The van der Waals surface area contributed by atoms with Crippen LogP contribution >= 0.6 is 0 Å². The molecule has 0 unspecified atom stereocenters. The zero-order chi connectivity index (χ0) is 20.5. The van der Waals surface area contributed by atoms with E-state index in [-0.39, 0.29) is 25.8 Å². The van der Waals surface area contributed by atoms with Crippen LogP contribution in [0.2, 0.25) is 0 Å². The number of hydrogen-bond donors (Lipinski definition) is 0. The Bertz CT molecular complexity index is 676. The van der Waals surface area contributed by atoms with Gasteiger partial charge in [-0.25, -0.2) is 0 Å². The molecule has 0 saturated carbocycles. The maximum atomic E-state index is 3.03. The number of aryl methyl sites for hydroxylation is 4. The first kappa shape index (κ1) is 26.8. The molecule has 0 nitrogen and oxygen atoms in total. The topological polar surface area (TPSA) is 0 Å². The van der Waals surface area contributed by atoms with Gasteiger partial charge in [0, 0.05) is 0 Å². The molecule has 144 valence electrons. The van der Waals surface area contributed by atoms with Gasteiger partial charge in [0.05, 0.1) is 0 Å². The van der Waals surface area contributed by atoms with Gasteiger partial charge in [-0.1, -0.05) is 27.7 Å². The fraction of sp³-hybridized carbons (Fsp3) is 0.143. The number of rotatable bonds is 0. The summed E-state index contributed by atoms with van der Waals surface area (Å²) < 4.78 is 0. The molecule has 29 heavy (non-hydrogen) atoms. The molecule has 0 heterocycles. The van der Waals surface area contributed by atoms with Crippen LogP contribution in [-0.2, 0) is 25.8 Å². The molecular formula is C28H28Hf. The second-order valence-electron chi connectivity index (χ2n) is 6.18. The summed E-state index contributed by atoms with van der Waals surface area (Å²) in [6.07, 6.45) is 0. The number of hydrogen-bond acceptors (Lipinski definition) is 0. The van der Waals surface area contributed by atoms with E-state index in [1.165, 1.54) is 22.3 Å². The van der Waals surface area contributed by atoms with E-state index in [0.717, 1.165) is 0 Å². The monoisotopic (exact) mass is 544 g/mol. The smallest absolute Gasteiger partial charge is 0.181 e. The van der Waals surface area contributed by atoms with E-state index in [0.29, 0.717) is 0 Å². The fourth-order valence-electron chi connectivity index (χ4n) is 1.93. The van der Waals surface area contributed by atoms with Crippen molar-refractivity contribution < 1.29 is 25.8 Å². The normalized spacial score (nSPS) is 8.41. The molecule has 0 aromatic heterocycles. The zero-order valence-electron chi connectivity index (χ0n) is 17.7. The van der Waals surface area contributed by atoms with Crippen LogP contribution in [0, 0.1) is 52.0 Å². The van der Waals surface area contributed by atoms with E-state index in [9.17, 15) is 0 Å². The van der Waals surface area contributed by atoms with E-state index in [2.05, 4.69) is 24.3 Å². The van der Waals surface area contributed by atoms with Crippen LogP contribution in [0.3, 0.4) is 0 Å². The molecule has 0 saturated heterocycles. The van der Waals surface area contributed by atoms with Crippen molar-refractivity contribution in [3.8, 4) is 0 Å². The van der Waals surface area contributed by atoms with Crippen molar-refractivity contribution in [2.75, 3.05) is 0 Å². The Morgan fingerprint density at radius 2 is 0.586 bits per heavy atom. The van der Waals surface area contributed by atoms with E-state index < -0.39 is 0 Å². The van der Waals surface area contributed by atoms with Gasteiger partial charge in [0.1, 0.15) is 0 Å². The Morgan fingerprint density at radius 3 is 0.655 bits per heavy atom. The van der Waals surface area contributed by atoms with Gasteiger partial charge in [0.2, 0.25) is 0 Å². The predicted octanol–water partition coefficient (Wildman–Crippen LogP) is 7.18. The van der Waals surface area contributed by atoms with Crippen LogP contribution in [0.4, 0.5) is 0 Å².